The van der Waals surface area contributed by atoms with Gasteiger partial charge in [-0.2, -0.15) is 0 Å². The second-order valence-corrected chi connectivity index (χ2v) is 9.67. The van der Waals surface area contributed by atoms with Crippen LogP contribution in [0.15, 0.2) is 22.9 Å². The zero-order valence-corrected chi connectivity index (χ0v) is 19.7. The molecule has 2 aromatic rings. The van der Waals surface area contributed by atoms with Gasteiger partial charge in [0.2, 0.25) is 0 Å². The summed E-state index contributed by atoms with van der Waals surface area (Å²) < 4.78 is 0. The number of hydrogen-bond acceptors (Lipinski definition) is 2. The minimum atomic E-state index is 1.19. The lowest BCUT2D eigenvalue weighted by Crippen LogP contribution is -1.88. The molecule has 0 aliphatic heterocycles. The van der Waals surface area contributed by atoms with E-state index in [0.29, 0.717) is 0 Å². The highest BCUT2D eigenvalue weighted by atomic mass is 32.1. The first-order valence-corrected chi connectivity index (χ1v) is 13.3. The molecule has 0 saturated heterocycles. The Balaban J connectivity index is 1.79. The summed E-state index contributed by atoms with van der Waals surface area (Å²) in [6, 6.07) is 4.57. The van der Waals surface area contributed by atoms with Crippen LogP contribution in [0.2, 0.25) is 0 Å². The minimum Gasteiger partial charge on any atom is -0.135 e. The molecule has 0 unspecified atom stereocenters. The summed E-state index contributed by atoms with van der Waals surface area (Å²) in [5.74, 6) is 6.99. The highest BCUT2D eigenvalue weighted by Crippen LogP contribution is 2.22. The van der Waals surface area contributed by atoms with E-state index in [-0.39, 0.29) is 0 Å². The highest BCUT2D eigenvalue weighted by molar-refractivity contribution is 7.11. The van der Waals surface area contributed by atoms with Gasteiger partial charge in [0.05, 0.1) is 9.75 Å². The summed E-state index contributed by atoms with van der Waals surface area (Å²) in [6.45, 7) is 4.56. The molecular weight excluding hydrogens is 376 g/mol. The molecule has 0 fully saturated rings. The smallest absolute Gasteiger partial charge is 0.0804 e. The molecule has 154 valence electrons. The van der Waals surface area contributed by atoms with Crippen molar-refractivity contribution >= 4 is 22.7 Å². The van der Waals surface area contributed by atoms with Crippen molar-refractivity contribution < 1.29 is 0 Å². The zero-order chi connectivity index (χ0) is 19.9. The second-order valence-electron chi connectivity index (χ2n) is 7.84. The van der Waals surface area contributed by atoms with Crippen molar-refractivity contribution in [3.05, 3.63) is 43.8 Å². The van der Waals surface area contributed by atoms with E-state index in [2.05, 4.69) is 48.6 Å². The first-order valence-electron chi connectivity index (χ1n) is 11.5. The van der Waals surface area contributed by atoms with Crippen LogP contribution in [0.1, 0.15) is 112 Å². The molecule has 2 aromatic heterocycles. The van der Waals surface area contributed by atoms with E-state index in [1.165, 1.54) is 111 Å². The Bertz CT molecular complexity index is 637. The third-order valence-electron chi connectivity index (χ3n) is 5.38. The van der Waals surface area contributed by atoms with Crippen molar-refractivity contribution in [2.45, 2.75) is 104 Å². The molecule has 0 aromatic carbocycles. The normalized spacial score (nSPS) is 10.8. The van der Waals surface area contributed by atoms with Crippen LogP contribution in [-0.4, -0.2) is 0 Å². The maximum atomic E-state index is 3.49. The molecule has 0 bridgehead atoms. The third kappa shape index (κ3) is 8.97. The summed E-state index contributed by atoms with van der Waals surface area (Å²) in [6.07, 6.45) is 18.7. The van der Waals surface area contributed by atoms with Crippen molar-refractivity contribution in [1.82, 2.24) is 0 Å². The Morgan fingerprint density at radius 3 is 1.39 bits per heavy atom. The Morgan fingerprint density at radius 2 is 0.964 bits per heavy atom. The summed E-state index contributed by atoms with van der Waals surface area (Å²) in [5.41, 5.74) is 2.92. The first-order chi connectivity index (χ1) is 13.8. The van der Waals surface area contributed by atoms with Crippen LogP contribution in [0.25, 0.3) is 0 Å². The van der Waals surface area contributed by atoms with Crippen LogP contribution >= 0.6 is 22.7 Å². The number of rotatable bonds is 14. The molecule has 2 heteroatoms. The van der Waals surface area contributed by atoms with Gasteiger partial charge < -0.3 is 0 Å². The molecule has 0 amide bonds. The largest absolute Gasteiger partial charge is 0.135 e. The van der Waals surface area contributed by atoms with Crippen molar-refractivity contribution in [3.8, 4) is 11.8 Å². The molecule has 0 N–H and O–H groups in total. The topological polar surface area (TPSA) is 0 Å². The van der Waals surface area contributed by atoms with E-state index >= 15 is 0 Å². The second kappa shape index (κ2) is 14.9. The van der Waals surface area contributed by atoms with Gasteiger partial charge in [0.15, 0.2) is 0 Å². The standard InChI is InChI=1S/C26H38S2/c1-3-5-7-9-11-13-15-23-19-21-27-25(23)17-18-26-24(20-22-28-26)16-14-12-10-8-6-4-2/h19-22H,3-16H2,1-2H3. The monoisotopic (exact) mass is 414 g/mol. The van der Waals surface area contributed by atoms with Crippen LogP contribution in [0.4, 0.5) is 0 Å². The maximum absolute atomic E-state index is 3.49. The van der Waals surface area contributed by atoms with Gasteiger partial charge in [-0.05, 0) is 71.5 Å². The van der Waals surface area contributed by atoms with Crippen molar-refractivity contribution in [2.24, 2.45) is 0 Å². The fourth-order valence-electron chi connectivity index (χ4n) is 3.59. The van der Waals surface area contributed by atoms with Gasteiger partial charge in [0.1, 0.15) is 0 Å². The SMILES string of the molecule is CCCCCCCCc1ccsc1C#Cc1sccc1CCCCCCCC. The average molecular weight is 415 g/mol. The van der Waals surface area contributed by atoms with E-state index < -0.39 is 0 Å². The van der Waals surface area contributed by atoms with Gasteiger partial charge >= 0.3 is 0 Å². The van der Waals surface area contributed by atoms with E-state index in [4.69, 9.17) is 0 Å². The Labute approximate surface area is 181 Å². The van der Waals surface area contributed by atoms with Gasteiger partial charge in [0, 0.05) is 0 Å². The molecule has 0 saturated carbocycles. The van der Waals surface area contributed by atoms with Gasteiger partial charge in [-0.1, -0.05) is 78.1 Å². The maximum Gasteiger partial charge on any atom is 0.0804 e. The molecule has 0 aliphatic carbocycles. The number of unbranched alkanes of at least 4 members (excludes halogenated alkanes) is 10. The predicted molar refractivity (Wildman–Crippen MR) is 129 cm³/mol. The van der Waals surface area contributed by atoms with Crippen LogP contribution in [-0.2, 0) is 12.8 Å². The zero-order valence-electron chi connectivity index (χ0n) is 18.0. The summed E-state index contributed by atoms with van der Waals surface area (Å²) in [4.78, 5) is 2.57. The number of aryl methyl sites for hydroxylation is 2. The van der Waals surface area contributed by atoms with Crippen LogP contribution in [0.5, 0.6) is 0 Å². The molecule has 2 heterocycles. The lowest BCUT2D eigenvalue weighted by Gasteiger charge is -2.01. The Kier molecular flexibility index (Phi) is 12.4. The number of thiophene rings is 2. The average Bonchev–Trinajstić information content (AvgIpc) is 3.34. The van der Waals surface area contributed by atoms with E-state index in [1.54, 1.807) is 0 Å². The van der Waals surface area contributed by atoms with E-state index in [0.717, 1.165) is 0 Å². The van der Waals surface area contributed by atoms with Crippen LogP contribution in [0.3, 0.4) is 0 Å². The molecule has 2 rings (SSSR count). The minimum absolute atomic E-state index is 1.19. The quantitative estimate of drug-likeness (QED) is 0.214. The van der Waals surface area contributed by atoms with Gasteiger partial charge in [-0.15, -0.1) is 22.7 Å². The molecule has 0 atom stereocenters. The Morgan fingerprint density at radius 1 is 0.571 bits per heavy atom. The van der Waals surface area contributed by atoms with Crippen molar-refractivity contribution in [2.75, 3.05) is 0 Å². The van der Waals surface area contributed by atoms with E-state index in [1.807, 2.05) is 22.7 Å². The molecule has 0 spiro atoms. The molecule has 28 heavy (non-hydrogen) atoms. The van der Waals surface area contributed by atoms with Crippen molar-refractivity contribution in [3.63, 3.8) is 0 Å². The summed E-state index contributed by atoms with van der Waals surface area (Å²) in [7, 11) is 0. The lowest BCUT2D eigenvalue weighted by molar-refractivity contribution is 0.607. The summed E-state index contributed by atoms with van der Waals surface area (Å²) >= 11 is 3.62. The van der Waals surface area contributed by atoms with E-state index in [9.17, 15) is 0 Å². The molecule has 0 aliphatic rings. The Hall–Kier alpha value is -1.04. The van der Waals surface area contributed by atoms with Crippen LogP contribution < -0.4 is 0 Å². The highest BCUT2D eigenvalue weighted by Gasteiger charge is 2.04. The van der Waals surface area contributed by atoms with Crippen LogP contribution in [0, 0.1) is 11.8 Å². The lowest BCUT2D eigenvalue weighted by atomic mass is 10.0. The van der Waals surface area contributed by atoms with Gasteiger partial charge in [-0.25, -0.2) is 0 Å². The summed E-state index contributed by atoms with van der Waals surface area (Å²) in [5, 5.41) is 4.42. The molecule has 0 radical (unpaired) electrons. The molecule has 0 nitrogen and oxygen atoms in total. The third-order valence-corrected chi connectivity index (χ3v) is 7.13. The first kappa shape index (κ1) is 23.2. The van der Waals surface area contributed by atoms with Gasteiger partial charge in [-0.3, -0.25) is 0 Å². The van der Waals surface area contributed by atoms with Crippen molar-refractivity contribution in [1.29, 1.82) is 0 Å². The predicted octanol–water partition coefficient (Wildman–Crippen LogP) is 9.02. The molecular formula is C26H38S2. The van der Waals surface area contributed by atoms with Gasteiger partial charge in [0.25, 0.3) is 0 Å². The fourth-order valence-corrected chi connectivity index (χ4v) is 5.19. The fraction of sp³-hybridized carbons (Fsp3) is 0.615. The number of hydrogen-bond donors (Lipinski definition) is 0.